The number of nitrogen functional groups attached to an aromatic ring is 1. The molecule has 0 aliphatic carbocycles. The van der Waals surface area contributed by atoms with Crippen molar-refractivity contribution in [2.75, 3.05) is 30.5 Å². The Hall–Kier alpha value is -2.59. The number of aromatic nitrogens is 2. The molecule has 1 aromatic carbocycles. The summed E-state index contributed by atoms with van der Waals surface area (Å²) < 4.78 is 0. The first-order valence-electron chi connectivity index (χ1n) is 7.34. The van der Waals surface area contributed by atoms with Gasteiger partial charge in [0.05, 0.1) is 6.54 Å². The van der Waals surface area contributed by atoms with Gasteiger partial charge in [0.25, 0.3) is 0 Å². The normalized spacial score (nSPS) is 10.2. The Morgan fingerprint density at radius 1 is 1.42 bits per heavy atom. The van der Waals surface area contributed by atoms with E-state index in [-0.39, 0.29) is 18.3 Å². The summed E-state index contributed by atoms with van der Waals surface area (Å²) in [5, 5.41) is 9.89. The zero-order valence-corrected chi connectivity index (χ0v) is 14.7. The second-order valence-corrected chi connectivity index (χ2v) is 6.26. The van der Waals surface area contributed by atoms with E-state index in [4.69, 9.17) is 5.73 Å². The van der Waals surface area contributed by atoms with Crippen LogP contribution in [0.4, 0.5) is 11.8 Å². The highest BCUT2D eigenvalue weighted by Gasteiger charge is 2.18. The van der Waals surface area contributed by atoms with Crippen LogP contribution in [0.3, 0.4) is 0 Å². The fourth-order valence-corrected chi connectivity index (χ4v) is 2.94. The molecule has 0 radical (unpaired) electrons. The molecule has 0 bridgehead atoms. The third kappa shape index (κ3) is 4.24. The number of likely N-dealkylation sites (N-methyl/N-ethyl adjacent to an activating group) is 1. The minimum absolute atomic E-state index is 0.0369. The van der Waals surface area contributed by atoms with E-state index >= 15 is 0 Å². The summed E-state index contributed by atoms with van der Waals surface area (Å²) >= 11 is 1.32. The topological polar surface area (TPSA) is 95.9 Å². The maximum atomic E-state index is 12.3. The van der Waals surface area contributed by atoms with Crippen LogP contribution in [-0.2, 0) is 11.2 Å². The summed E-state index contributed by atoms with van der Waals surface area (Å²) in [5.74, 6) is 0.508. The lowest BCUT2D eigenvalue weighted by molar-refractivity contribution is -0.117. The highest BCUT2D eigenvalue weighted by atomic mass is 32.2. The van der Waals surface area contributed by atoms with Crippen LogP contribution < -0.4 is 10.6 Å². The number of thioether (sulfide) groups is 1. The second kappa shape index (κ2) is 7.79. The number of nitrogens with zero attached hydrogens (tertiary/aromatic N) is 4. The van der Waals surface area contributed by atoms with Gasteiger partial charge in [-0.15, -0.1) is 11.8 Å². The van der Waals surface area contributed by atoms with Gasteiger partial charge in [-0.2, -0.15) is 10.2 Å². The Labute approximate surface area is 145 Å². The number of benzene rings is 1. The highest BCUT2D eigenvalue weighted by Crippen LogP contribution is 2.26. The van der Waals surface area contributed by atoms with Crippen LogP contribution in [0.25, 0.3) is 0 Å². The average molecular weight is 341 g/mol. The van der Waals surface area contributed by atoms with Crippen molar-refractivity contribution in [1.82, 2.24) is 9.97 Å². The molecule has 124 valence electrons. The Morgan fingerprint density at radius 3 is 2.79 bits per heavy atom. The zero-order chi connectivity index (χ0) is 17.7. The fourth-order valence-electron chi connectivity index (χ4n) is 2.41. The third-order valence-electron chi connectivity index (χ3n) is 3.44. The Bertz CT molecular complexity index is 800. The quantitative estimate of drug-likeness (QED) is 0.635. The number of hydrogen-bond donors (Lipinski definition) is 1. The van der Waals surface area contributed by atoms with Crippen LogP contribution in [0, 0.1) is 18.3 Å². The summed E-state index contributed by atoms with van der Waals surface area (Å²) in [6.07, 6.45) is 2.15. The van der Waals surface area contributed by atoms with Crippen molar-refractivity contribution in [2.24, 2.45) is 0 Å². The number of anilines is 2. The number of nitrogens with two attached hydrogens (primary N) is 1. The number of Topliss-reactive ketones (excluding diaryl/α,β-unsaturated/α-hetero) is 1. The minimum atomic E-state index is 0.0369. The summed E-state index contributed by atoms with van der Waals surface area (Å²) in [5.41, 5.74) is 8.14. The number of hydrogen-bond acceptors (Lipinski definition) is 7. The molecule has 2 N–H and O–H groups in total. The van der Waals surface area contributed by atoms with Gasteiger partial charge in [-0.1, -0.05) is 29.8 Å². The van der Waals surface area contributed by atoms with Crippen molar-refractivity contribution < 1.29 is 4.79 Å². The lowest BCUT2D eigenvalue weighted by Crippen LogP contribution is -2.28. The molecule has 0 aliphatic heterocycles. The molecule has 1 aromatic heterocycles. The predicted molar refractivity (Wildman–Crippen MR) is 96.1 cm³/mol. The standard InChI is InChI=1S/C17H19N5OS/c1-11-5-4-6-12(7-11)8-13(23)10-22(2)15-14(9-18)16(24-3)21-17(19)20-15/h4-7H,8,10H2,1-3H3,(H2,19,20,21). The van der Waals surface area contributed by atoms with Gasteiger partial charge in [0.1, 0.15) is 16.7 Å². The molecule has 0 atom stereocenters. The number of carbonyl (C=O) groups is 1. The molecule has 6 nitrogen and oxygen atoms in total. The lowest BCUT2D eigenvalue weighted by Gasteiger charge is -2.19. The molecule has 0 fully saturated rings. The molecular weight excluding hydrogens is 322 g/mol. The molecule has 1 heterocycles. The molecule has 2 rings (SSSR count). The number of carbonyl (C=O) groups excluding carboxylic acids is 1. The average Bonchev–Trinajstić information content (AvgIpc) is 2.53. The minimum Gasteiger partial charge on any atom is -0.368 e. The van der Waals surface area contributed by atoms with Gasteiger partial charge >= 0.3 is 0 Å². The van der Waals surface area contributed by atoms with Crippen molar-refractivity contribution in [2.45, 2.75) is 18.4 Å². The molecule has 0 saturated heterocycles. The van der Waals surface area contributed by atoms with Gasteiger partial charge in [0.15, 0.2) is 11.6 Å². The first kappa shape index (κ1) is 17.8. The smallest absolute Gasteiger partial charge is 0.223 e. The van der Waals surface area contributed by atoms with Crippen LogP contribution in [0.1, 0.15) is 16.7 Å². The molecule has 7 heteroatoms. The van der Waals surface area contributed by atoms with Gasteiger partial charge in [0, 0.05) is 13.5 Å². The number of ketones is 1. The Kier molecular flexibility index (Phi) is 5.77. The second-order valence-electron chi connectivity index (χ2n) is 5.46. The van der Waals surface area contributed by atoms with Crippen LogP contribution in [0.15, 0.2) is 29.3 Å². The van der Waals surface area contributed by atoms with Gasteiger partial charge in [-0.25, -0.2) is 4.98 Å². The van der Waals surface area contributed by atoms with E-state index < -0.39 is 0 Å². The van der Waals surface area contributed by atoms with Crippen LogP contribution in [0.5, 0.6) is 0 Å². The molecule has 0 aliphatic rings. The molecule has 0 amide bonds. The first-order valence-corrected chi connectivity index (χ1v) is 8.57. The first-order chi connectivity index (χ1) is 11.4. The Morgan fingerprint density at radius 2 is 2.17 bits per heavy atom. The molecule has 0 spiro atoms. The zero-order valence-electron chi connectivity index (χ0n) is 13.9. The largest absolute Gasteiger partial charge is 0.368 e. The molecule has 0 unspecified atom stereocenters. The number of nitriles is 1. The summed E-state index contributed by atoms with van der Waals surface area (Å²) in [7, 11) is 1.72. The van der Waals surface area contributed by atoms with E-state index in [1.165, 1.54) is 11.8 Å². The number of rotatable bonds is 6. The third-order valence-corrected chi connectivity index (χ3v) is 4.12. The predicted octanol–water partition coefficient (Wildman–Crippen LogP) is 2.21. The van der Waals surface area contributed by atoms with Crippen molar-refractivity contribution in [1.29, 1.82) is 5.26 Å². The van der Waals surface area contributed by atoms with E-state index in [9.17, 15) is 10.1 Å². The molecular formula is C17H19N5OS. The van der Waals surface area contributed by atoms with Crippen molar-refractivity contribution in [3.05, 3.63) is 41.0 Å². The van der Waals surface area contributed by atoms with Crippen LogP contribution in [0.2, 0.25) is 0 Å². The van der Waals surface area contributed by atoms with E-state index in [1.54, 1.807) is 11.9 Å². The van der Waals surface area contributed by atoms with Crippen molar-refractivity contribution in [3.63, 3.8) is 0 Å². The Balaban J connectivity index is 2.17. The summed E-state index contributed by atoms with van der Waals surface area (Å²) in [6, 6.07) is 9.95. The van der Waals surface area contributed by atoms with E-state index in [2.05, 4.69) is 16.0 Å². The van der Waals surface area contributed by atoms with Crippen molar-refractivity contribution in [3.8, 4) is 6.07 Å². The maximum Gasteiger partial charge on any atom is 0.223 e. The highest BCUT2D eigenvalue weighted by molar-refractivity contribution is 7.98. The van der Waals surface area contributed by atoms with E-state index in [1.807, 2.05) is 37.4 Å². The van der Waals surface area contributed by atoms with Gasteiger partial charge in [0.2, 0.25) is 5.95 Å². The van der Waals surface area contributed by atoms with E-state index in [0.717, 1.165) is 11.1 Å². The van der Waals surface area contributed by atoms with E-state index in [0.29, 0.717) is 22.8 Å². The molecule has 2 aromatic rings. The van der Waals surface area contributed by atoms with Crippen LogP contribution >= 0.6 is 11.8 Å². The maximum absolute atomic E-state index is 12.3. The summed E-state index contributed by atoms with van der Waals surface area (Å²) in [6.45, 7) is 2.14. The fraction of sp³-hybridized carbons (Fsp3) is 0.294. The molecule has 0 saturated carbocycles. The van der Waals surface area contributed by atoms with Gasteiger partial charge < -0.3 is 10.6 Å². The van der Waals surface area contributed by atoms with Gasteiger partial charge in [-0.05, 0) is 18.7 Å². The number of aryl methyl sites for hydroxylation is 1. The lowest BCUT2D eigenvalue weighted by atomic mass is 10.1. The van der Waals surface area contributed by atoms with Crippen LogP contribution in [-0.4, -0.2) is 35.6 Å². The monoisotopic (exact) mass is 341 g/mol. The molecule has 24 heavy (non-hydrogen) atoms. The van der Waals surface area contributed by atoms with Gasteiger partial charge in [-0.3, -0.25) is 4.79 Å². The summed E-state index contributed by atoms with van der Waals surface area (Å²) in [4.78, 5) is 22.2. The van der Waals surface area contributed by atoms with Crippen molar-refractivity contribution >= 4 is 29.3 Å². The SMILES string of the molecule is CSc1nc(N)nc(N(C)CC(=O)Cc2cccc(C)c2)c1C#N.